The van der Waals surface area contributed by atoms with Crippen molar-refractivity contribution in [3.63, 3.8) is 0 Å². The average molecular weight is 343 g/mol. The summed E-state index contributed by atoms with van der Waals surface area (Å²) < 4.78 is 6.74. The molecule has 2 aliphatic rings. The Hall–Kier alpha value is -2.88. The number of hydrogen-bond donors (Lipinski definition) is 0. The van der Waals surface area contributed by atoms with Gasteiger partial charge in [0.05, 0.1) is 11.6 Å². The van der Waals surface area contributed by atoms with Crippen molar-refractivity contribution in [2.24, 2.45) is 4.99 Å². The van der Waals surface area contributed by atoms with Gasteiger partial charge in [-0.1, -0.05) is 31.2 Å². The molecule has 0 aliphatic carbocycles. The van der Waals surface area contributed by atoms with Gasteiger partial charge in [-0.3, -0.25) is 9.98 Å². The summed E-state index contributed by atoms with van der Waals surface area (Å²) in [4.78, 5) is 11.4. The molecular formula is C22H21N3O. The zero-order valence-electron chi connectivity index (χ0n) is 15.2. The minimum absolute atomic E-state index is 0.191. The second kappa shape index (κ2) is 5.07. The van der Waals surface area contributed by atoms with Gasteiger partial charge in [-0.2, -0.15) is 0 Å². The molecule has 2 aliphatic heterocycles. The van der Waals surface area contributed by atoms with Crippen molar-refractivity contribution in [1.82, 2.24) is 4.98 Å². The second-order valence-electron chi connectivity index (χ2n) is 7.33. The third-order valence-electron chi connectivity index (χ3n) is 6.25. The van der Waals surface area contributed by atoms with Crippen LogP contribution in [0.4, 0.5) is 11.4 Å². The Balaban J connectivity index is 1.73. The molecule has 1 aromatic heterocycles. The van der Waals surface area contributed by atoms with E-state index in [2.05, 4.69) is 61.1 Å². The maximum atomic E-state index is 6.74. The zero-order valence-corrected chi connectivity index (χ0v) is 15.2. The number of benzene rings is 2. The number of aromatic nitrogens is 1. The molecule has 3 aromatic rings. The Morgan fingerprint density at radius 3 is 2.81 bits per heavy atom. The standard InChI is InChI=1S/C22H21N3O/c1-4-21(2)17-7-5-6-8-18(17)25(3)22(21)14-24-20-16-13-23-12-11-15(16)9-10-19(20)26-22/h5-14H,4H2,1-3H3. The van der Waals surface area contributed by atoms with E-state index in [0.717, 1.165) is 28.6 Å². The molecular weight excluding hydrogens is 322 g/mol. The molecule has 2 unspecified atom stereocenters. The van der Waals surface area contributed by atoms with Gasteiger partial charge >= 0.3 is 0 Å². The van der Waals surface area contributed by atoms with Crippen LogP contribution in [0.3, 0.4) is 0 Å². The van der Waals surface area contributed by atoms with Crippen LogP contribution in [0.25, 0.3) is 10.8 Å². The summed E-state index contributed by atoms with van der Waals surface area (Å²) in [6.07, 6.45) is 6.61. The number of anilines is 1. The molecule has 2 atom stereocenters. The van der Waals surface area contributed by atoms with Crippen LogP contribution in [-0.4, -0.2) is 24.0 Å². The fourth-order valence-electron chi connectivity index (χ4n) is 4.52. The van der Waals surface area contributed by atoms with E-state index in [1.165, 1.54) is 11.3 Å². The Morgan fingerprint density at radius 1 is 1.12 bits per heavy atom. The third-order valence-corrected chi connectivity index (χ3v) is 6.25. The highest BCUT2D eigenvalue weighted by molar-refractivity contribution is 5.99. The van der Waals surface area contributed by atoms with Crippen molar-refractivity contribution >= 4 is 28.4 Å². The molecule has 0 saturated heterocycles. The topological polar surface area (TPSA) is 37.7 Å². The highest BCUT2D eigenvalue weighted by Gasteiger charge is 2.60. The molecule has 0 fully saturated rings. The minimum Gasteiger partial charge on any atom is -0.459 e. The van der Waals surface area contributed by atoms with Crippen LogP contribution in [0.1, 0.15) is 25.8 Å². The lowest BCUT2D eigenvalue weighted by molar-refractivity contribution is 0.0706. The Kier molecular flexibility index (Phi) is 3.00. The van der Waals surface area contributed by atoms with E-state index in [9.17, 15) is 0 Å². The van der Waals surface area contributed by atoms with E-state index < -0.39 is 5.72 Å². The van der Waals surface area contributed by atoms with Gasteiger partial charge in [0.2, 0.25) is 5.72 Å². The lowest BCUT2D eigenvalue weighted by atomic mass is 9.73. The smallest absolute Gasteiger partial charge is 0.228 e. The van der Waals surface area contributed by atoms with Crippen molar-refractivity contribution in [2.45, 2.75) is 31.4 Å². The lowest BCUT2D eigenvalue weighted by Crippen LogP contribution is -2.61. The molecule has 2 aromatic carbocycles. The maximum Gasteiger partial charge on any atom is 0.228 e. The summed E-state index contributed by atoms with van der Waals surface area (Å²) in [5, 5.41) is 2.14. The first-order chi connectivity index (χ1) is 12.6. The molecule has 0 N–H and O–H groups in total. The largest absolute Gasteiger partial charge is 0.459 e. The predicted octanol–water partition coefficient (Wildman–Crippen LogP) is 4.84. The summed E-state index contributed by atoms with van der Waals surface area (Å²) in [5.41, 5.74) is 2.55. The van der Waals surface area contributed by atoms with Crippen molar-refractivity contribution in [2.75, 3.05) is 11.9 Å². The summed E-state index contributed by atoms with van der Waals surface area (Å²) in [6.45, 7) is 4.49. The van der Waals surface area contributed by atoms with Gasteiger partial charge in [0, 0.05) is 30.5 Å². The molecule has 0 bridgehead atoms. The molecule has 0 radical (unpaired) electrons. The van der Waals surface area contributed by atoms with Gasteiger partial charge in [-0.15, -0.1) is 0 Å². The average Bonchev–Trinajstić information content (AvgIpc) is 2.88. The highest BCUT2D eigenvalue weighted by Crippen LogP contribution is 2.55. The van der Waals surface area contributed by atoms with Crippen LogP contribution in [0.2, 0.25) is 0 Å². The number of fused-ring (bicyclic) bond motifs is 4. The first-order valence-electron chi connectivity index (χ1n) is 9.05. The summed E-state index contributed by atoms with van der Waals surface area (Å²) >= 11 is 0. The van der Waals surface area contributed by atoms with Crippen LogP contribution in [0.5, 0.6) is 5.75 Å². The fraction of sp³-hybridized carbons (Fsp3) is 0.273. The van der Waals surface area contributed by atoms with E-state index in [-0.39, 0.29) is 5.41 Å². The van der Waals surface area contributed by atoms with Crippen molar-refractivity contribution in [3.05, 3.63) is 60.4 Å². The molecule has 0 amide bonds. The quantitative estimate of drug-likeness (QED) is 0.634. The van der Waals surface area contributed by atoms with E-state index in [4.69, 9.17) is 9.73 Å². The normalized spacial score (nSPS) is 26.0. The highest BCUT2D eigenvalue weighted by atomic mass is 16.5. The maximum absolute atomic E-state index is 6.74. The molecule has 4 heteroatoms. The van der Waals surface area contributed by atoms with Gasteiger partial charge in [-0.05, 0) is 42.5 Å². The summed E-state index contributed by atoms with van der Waals surface area (Å²) in [7, 11) is 2.10. The minimum atomic E-state index is -0.631. The zero-order chi connectivity index (χ0) is 17.9. The van der Waals surface area contributed by atoms with Crippen LogP contribution < -0.4 is 9.64 Å². The van der Waals surface area contributed by atoms with Crippen LogP contribution in [0.15, 0.2) is 59.9 Å². The van der Waals surface area contributed by atoms with Crippen LogP contribution in [-0.2, 0) is 5.41 Å². The second-order valence-corrected chi connectivity index (χ2v) is 7.33. The molecule has 5 rings (SSSR count). The number of likely N-dealkylation sites (N-methyl/N-ethyl adjacent to an activating group) is 1. The molecule has 4 nitrogen and oxygen atoms in total. The number of ether oxygens (including phenoxy) is 1. The molecule has 1 spiro atoms. The third kappa shape index (κ3) is 1.69. The number of pyridine rings is 1. The predicted molar refractivity (Wildman–Crippen MR) is 106 cm³/mol. The Bertz CT molecular complexity index is 1060. The molecule has 130 valence electrons. The number of hydrogen-bond acceptors (Lipinski definition) is 4. The van der Waals surface area contributed by atoms with Crippen molar-refractivity contribution in [1.29, 1.82) is 0 Å². The Labute approximate surface area is 153 Å². The number of nitrogens with zero attached hydrogens (tertiary/aromatic N) is 3. The lowest BCUT2D eigenvalue weighted by Gasteiger charge is -2.46. The Morgan fingerprint density at radius 2 is 1.96 bits per heavy atom. The van der Waals surface area contributed by atoms with E-state index in [0.29, 0.717) is 0 Å². The molecule has 26 heavy (non-hydrogen) atoms. The fourth-order valence-corrected chi connectivity index (χ4v) is 4.52. The van der Waals surface area contributed by atoms with Crippen molar-refractivity contribution < 1.29 is 4.74 Å². The van der Waals surface area contributed by atoms with Gasteiger partial charge in [0.15, 0.2) is 0 Å². The van der Waals surface area contributed by atoms with Crippen LogP contribution in [0, 0.1) is 0 Å². The van der Waals surface area contributed by atoms with Gasteiger partial charge in [0.25, 0.3) is 0 Å². The van der Waals surface area contributed by atoms with Gasteiger partial charge < -0.3 is 9.64 Å². The van der Waals surface area contributed by atoms with Crippen LogP contribution >= 0.6 is 0 Å². The van der Waals surface area contributed by atoms with Crippen molar-refractivity contribution in [3.8, 4) is 5.75 Å². The number of rotatable bonds is 1. The number of aliphatic imine (C=N–C) groups is 1. The molecule has 3 heterocycles. The monoisotopic (exact) mass is 343 g/mol. The van der Waals surface area contributed by atoms with Gasteiger partial charge in [-0.25, -0.2) is 0 Å². The summed E-state index contributed by atoms with van der Waals surface area (Å²) in [5.74, 6) is 0.812. The summed E-state index contributed by atoms with van der Waals surface area (Å²) in [6, 6.07) is 14.7. The van der Waals surface area contributed by atoms with Gasteiger partial charge in [0.1, 0.15) is 11.4 Å². The van der Waals surface area contributed by atoms with E-state index in [1.807, 2.05) is 24.5 Å². The number of para-hydroxylation sites is 1. The SMILES string of the molecule is CCC1(C)c2ccccc2N(C)C12C=Nc1c(ccc3ccncc13)O2. The first kappa shape index (κ1) is 15.4. The van der Waals surface area contributed by atoms with E-state index in [1.54, 1.807) is 6.20 Å². The first-order valence-corrected chi connectivity index (χ1v) is 9.05. The molecule has 0 saturated carbocycles. The van der Waals surface area contributed by atoms with E-state index >= 15 is 0 Å².